The van der Waals surface area contributed by atoms with Crippen LogP contribution in [0, 0.1) is 5.92 Å². The molecule has 25 heavy (non-hydrogen) atoms. The van der Waals surface area contributed by atoms with Crippen LogP contribution in [-0.2, 0) is 4.74 Å². The van der Waals surface area contributed by atoms with Gasteiger partial charge in [-0.25, -0.2) is 4.98 Å². The number of hydrogen-bond acceptors (Lipinski definition) is 5. The maximum atomic E-state index is 11.1. The van der Waals surface area contributed by atoms with Crippen LogP contribution in [-0.4, -0.2) is 42.8 Å². The van der Waals surface area contributed by atoms with Gasteiger partial charge in [0, 0.05) is 31.5 Å². The van der Waals surface area contributed by atoms with Crippen molar-refractivity contribution in [1.82, 2.24) is 10.3 Å². The van der Waals surface area contributed by atoms with E-state index in [1.807, 2.05) is 0 Å². The van der Waals surface area contributed by atoms with Crippen LogP contribution in [0.15, 0.2) is 18.3 Å². The maximum absolute atomic E-state index is 11.1. The normalized spacial score (nSPS) is 24.8. The molecule has 1 aromatic heterocycles. The topological polar surface area (TPSA) is 86.5 Å². The van der Waals surface area contributed by atoms with Gasteiger partial charge in [-0.15, -0.1) is 0 Å². The third-order valence-electron chi connectivity index (χ3n) is 5.31. The number of amides is 1. The first-order valence-corrected chi connectivity index (χ1v) is 9.44. The van der Waals surface area contributed by atoms with Gasteiger partial charge in [-0.1, -0.05) is 0 Å². The molecule has 138 valence electrons. The molecule has 3 N–H and O–H groups in total. The summed E-state index contributed by atoms with van der Waals surface area (Å²) >= 11 is 0. The van der Waals surface area contributed by atoms with Gasteiger partial charge in [-0.2, -0.15) is 0 Å². The average molecular weight is 347 g/mol. The zero-order valence-corrected chi connectivity index (χ0v) is 14.8. The summed E-state index contributed by atoms with van der Waals surface area (Å²) in [6.07, 6.45) is 9.71. The summed E-state index contributed by atoms with van der Waals surface area (Å²) in [6, 6.07) is 3.98. The first kappa shape index (κ1) is 18.1. The summed E-state index contributed by atoms with van der Waals surface area (Å²) < 4.78 is 11.3. The van der Waals surface area contributed by atoms with Crippen molar-refractivity contribution in [3.05, 3.63) is 23.9 Å². The Kier molecular flexibility index (Phi) is 6.64. The highest BCUT2D eigenvalue weighted by Crippen LogP contribution is 2.24. The highest BCUT2D eigenvalue weighted by atomic mass is 16.5. The number of nitrogens with zero attached hydrogens (tertiary/aromatic N) is 1. The van der Waals surface area contributed by atoms with E-state index in [0.717, 1.165) is 51.4 Å². The second kappa shape index (κ2) is 9.15. The number of carbonyl (C=O) groups excluding carboxylic acids is 1. The quantitative estimate of drug-likeness (QED) is 0.790. The molecule has 3 rings (SSSR count). The van der Waals surface area contributed by atoms with Crippen molar-refractivity contribution < 1.29 is 14.3 Å². The van der Waals surface area contributed by atoms with E-state index in [0.29, 0.717) is 17.5 Å². The van der Waals surface area contributed by atoms with Crippen LogP contribution < -0.4 is 15.8 Å². The second-order valence-electron chi connectivity index (χ2n) is 7.14. The van der Waals surface area contributed by atoms with Gasteiger partial charge in [0.25, 0.3) is 0 Å². The third-order valence-corrected chi connectivity index (χ3v) is 5.31. The number of hydrogen-bond donors (Lipinski definition) is 2. The molecular weight excluding hydrogens is 318 g/mol. The van der Waals surface area contributed by atoms with Crippen LogP contribution in [0.4, 0.5) is 0 Å². The lowest BCUT2D eigenvalue weighted by Crippen LogP contribution is -2.37. The third kappa shape index (κ3) is 5.68. The van der Waals surface area contributed by atoms with Crippen LogP contribution in [0.2, 0.25) is 0 Å². The molecule has 1 saturated heterocycles. The van der Waals surface area contributed by atoms with E-state index in [1.165, 1.54) is 25.5 Å². The van der Waals surface area contributed by atoms with E-state index in [4.69, 9.17) is 15.2 Å². The minimum absolute atomic E-state index is 0.209. The number of carbonyl (C=O) groups is 1. The van der Waals surface area contributed by atoms with E-state index in [9.17, 15) is 4.79 Å². The molecule has 2 heterocycles. The number of aromatic nitrogens is 1. The molecule has 1 aliphatic heterocycles. The van der Waals surface area contributed by atoms with Gasteiger partial charge in [-0.3, -0.25) is 4.79 Å². The lowest BCUT2D eigenvalue weighted by Gasteiger charge is -2.30. The highest BCUT2D eigenvalue weighted by molar-refractivity contribution is 5.92. The standard InChI is InChI=1S/C19H29N3O3/c20-19(23)15-1-6-18(22-13-15)25-17-4-2-16(3-5-17)21-10-7-14-8-11-24-12-9-14/h1,6,13-14,16-17,21H,2-5,7-12H2,(H2,20,23). The zero-order valence-electron chi connectivity index (χ0n) is 14.8. The van der Waals surface area contributed by atoms with E-state index >= 15 is 0 Å². The monoisotopic (exact) mass is 347 g/mol. The lowest BCUT2D eigenvalue weighted by atomic mass is 9.92. The number of nitrogens with one attached hydrogen (secondary N) is 1. The van der Waals surface area contributed by atoms with E-state index < -0.39 is 5.91 Å². The fraction of sp³-hybridized carbons (Fsp3) is 0.684. The van der Waals surface area contributed by atoms with Gasteiger partial charge in [-0.05, 0) is 63.5 Å². The Labute approximate surface area is 149 Å². The predicted octanol–water partition coefficient (Wildman–Crippen LogP) is 2.28. The number of pyridine rings is 1. The first-order chi connectivity index (χ1) is 12.2. The summed E-state index contributed by atoms with van der Waals surface area (Å²) in [6.45, 7) is 2.97. The molecule has 1 aromatic rings. The molecular formula is C19H29N3O3. The number of primary amides is 1. The van der Waals surface area contributed by atoms with Gasteiger partial charge >= 0.3 is 0 Å². The van der Waals surface area contributed by atoms with Crippen molar-refractivity contribution >= 4 is 5.91 Å². The number of rotatable bonds is 7. The van der Waals surface area contributed by atoms with Gasteiger partial charge < -0.3 is 20.5 Å². The maximum Gasteiger partial charge on any atom is 0.250 e. The molecule has 0 atom stereocenters. The molecule has 0 aromatic carbocycles. The molecule has 6 nitrogen and oxygen atoms in total. The van der Waals surface area contributed by atoms with E-state index in [2.05, 4.69) is 10.3 Å². The van der Waals surface area contributed by atoms with E-state index in [1.54, 1.807) is 12.1 Å². The van der Waals surface area contributed by atoms with Crippen LogP contribution in [0.25, 0.3) is 0 Å². The Morgan fingerprint density at radius 2 is 1.96 bits per heavy atom. The summed E-state index contributed by atoms with van der Waals surface area (Å²) in [7, 11) is 0. The number of nitrogens with two attached hydrogens (primary N) is 1. The van der Waals surface area contributed by atoms with Crippen molar-refractivity contribution in [2.45, 2.75) is 57.1 Å². The minimum atomic E-state index is -0.466. The molecule has 1 amide bonds. The fourth-order valence-corrected chi connectivity index (χ4v) is 3.68. The molecule has 6 heteroatoms. The van der Waals surface area contributed by atoms with Crippen molar-refractivity contribution in [1.29, 1.82) is 0 Å². The predicted molar refractivity (Wildman–Crippen MR) is 95.6 cm³/mol. The Hall–Kier alpha value is -1.66. The Bertz CT molecular complexity index is 535. The molecule has 2 aliphatic rings. The van der Waals surface area contributed by atoms with Gasteiger partial charge in [0.2, 0.25) is 11.8 Å². The lowest BCUT2D eigenvalue weighted by molar-refractivity contribution is 0.0633. The van der Waals surface area contributed by atoms with Crippen molar-refractivity contribution in [3.63, 3.8) is 0 Å². The molecule has 2 fully saturated rings. The van der Waals surface area contributed by atoms with Crippen molar-refractivity contribution in [3.8, 4) is 5.88 Å². The second-order valence-corrected chi connectivity index (χ2v) is 7.14. The molecule has 0 bridgehead atoms. The zero-order chi connectivity index (χ0) is 17.5. The highest BCUT2D eigenvalue weighted by Gasteiger charge is 2.23. The van der Waals surface area contributed by atoms with Crippen LogP contribution in [0.3, 0.4) is 0 Å². The minimum Gasteiger partial charge on any atom is -0.474 e. The van der Waals surface area contributed by atoms with Crippen molar-refractivity contribution in [2.75, 3.05) is 19.8 Å². The SMILES string of the molecule is NC(=O)c1ccc(OC2CCC(NCCC3CCOCC3)CC2)nc1. The van der Waals surface area contributed by atoms with Gasteiger partial charge in [0.1, 0.15) is 6.10 Å². The smallest absolute Gasteiger partial charge is 0.250 e. The van der Waals surface area contributed by atoms with E-state index in [-0.39, 0.29) is 6.10 Å². The van der Waals surface area contributed by atoms with Gasteiger partial charge in [0.05, 0.1) is 5.56 Å². The largest absolute Gasteiger partial charge is 0.474 e. The van der Waals surface area contributed by atoms with Crippen LogP contribution in [0.1, 0.15) is 55.3 Å². The molecule has 1 saturated carbocycles. The van der Waals surface area contributed by atoms with Crippen LogP contribution in [0.5, 0.6) is 5.88 Å². The summed E-state index contributed by atoms with van der Waals surface area (Å²) in [4.78, 5) is 15.2. The summed E-state index contributed by atoms with van der Waals surface area (Å²) in [5.41, 5.74) is 5.63. The van der Waals surface area contributed by atoms with Crippen LogP contribution >= 0.6 is 0 Å². The molecule has 0 unspecified atom stereocenters. The number of ether oxygens (including phenoxy) is 2. The summed E-state index contributed by atoms with van der Waals surface area (Å²) in [5, 5.41) is 3.71. The Balaban J connectivity index is 1.33. The average Bonchev–Trinajstić information content (AvgIpc) is 2.64. The Morgan fingerprint density at radius 1 is 1.20 bits per heavy atom. The fourth-order valence-electron chi connectivity index (χ4n) is 3.68. The van der Waals surface area contributed by atoms with Crippen molar-refractivity contribution in [2.24, 2.45) is 11.7 Å². The van der Waals surface area contributed by atoms with Gasteiger partial charge in [0.15, 0.2) is 0 Å². The first-order valence-electron chi connectivity index (χ1n) is 9.44. The molecule has 0 spiro atoms. The molecule has 0 radical (unpaired) electrons. The summed E-state index contributed by atoms with van der Waals surface area (Å²) in [5.74, 6) is 0.933. The molecule has 1 aliphatic carbocycles. The Morgan fingerprint density at radius 3 is 2.60 bits per heavy atom.